The van der Waals surface area contributed by atoms with Crippen molar-refractivity contribution in [2.75, 3.05) is 56.9 Å². The highest BCUT2D eigenvalue weighted by molar-refractivity contribution is 7.20. The molecule has 0 aliphatic heterocycles. The highest BCUT2D eigenvalue weighted by atomic mass is 19.5. The highest BCUT2D eigenvalue weighted by Crippen LogP contribution is 2.63. The molecule has 648 valence electrons. The molecule has 4 aromatic rings. The predicted molar refractivity (Wildman–Crippen MR) is 276 cm³/mol. The Labute approximate surface area is 594 Å². The van der Waals surface area contributed by atoms with Gasteiger partial charge in [0.2, 0.25) is 0 Å². The lowest BCUT2D eigenvalue weighted by Crippen LogP contribution is -2.76. The Hall–Kier alpha value is -6.74. The van der Waals surface area contributed by atoms with Gasteiger partial charge in [-0.05, 0) is 68.8 Å². The van der Waals surface area contributed by atoms with Gasteiger partial charge in [-0.1, -0.05) is 48.5 Å². The molecule has 4 rings (SSSR count). The molecule has 0 radical (unpaired) electrons. The summed E-state index contributed by atoms with van der Waals surface area (Å²) in [4.78, 5) is 0. The van der Waals surface area contributed by atoms with Crippen molar-refractivity contribution in [2.45, 2.75) is 144 Å². The van der Waals surface area contributed by atoms with Crippen LogP contribution in [0.4, 0.5) is 211 Å². The minimum Gasteiger partial charge on any atom is -0.357 e. The fraction of sp³-hybridized carbons (Fsp3) is 0.571. The SMILES string of the molecule is COC(c1cc([B-](c2cc(C(OC)(C(F)(F)F)C(F)(F)F)cc(C(OC)(C(F)(F)F)C(F)(F)F)c2)(c2cc(C(OC)(C(F)(F)F)C(F)(F)F)cc(C(OC)(C(F)(F)F)C(F)(F)F)c2)c2cc(C(OC)(C(F)(F)F)C(F)(F)F)cc(C(OC)(C(F)(F)F)C(F)(F)F)c2)cc(C(OC)(C(F)(F)F)C(F)(F)F)c1)(C(F)(F)F)C(F)(F)F. The normalized spacial score (nSPS) is 15.7. The van der Waals surface area contributed by atoms with Gasteiger partial charge in [0.05, 0.1) is 0 Å². The second kappa shape index (κ2) is 28.8. The summed E-state index contributed by atoms with van der Waals surface area (Å²) in [6, 6.07) is -26.4. The summed E-state index contributed by atoms with van der Waals surface area (Å²) < 4.78 is 792. The number of alkyl halides is 48. The van der Waals surface area contributed by atoms with Gasteiger partial charge in [-0.2, -0.15) is 233 Å². The van der Waals surface area contributed by atoms with Gasteiger partial charge in [0.1, 0.15) is 6.15 Å². The second-order valence-electron chi connectivity index (χ2n) is 23.3. The minimum atomic E-state index is -8.82. The van der Waals surface area contributed by atoms with Crippen molar-refractivity contribution in [1.82, 2.24) is 0 Å². The molecule has 0 aliphatic carbocycles. The Morgan fingerprint density at radius 2 is 0.212 bits per heavy atom. The van der Waals surface area contributed by atoms with Gasteiger partial charge < -0.3 is 37.9 Å². The maximum atomic E-state index is 15.9. The molecule has 57 heteroatoms. The van der Waals surface area contributed by atoms with Crippen LogP contribution in [-0.2, 0) is 82.7 Å². The van der Waals surface area contributed by atoms with E-state index in [-0.39, 0.29) is 0 Å². The number of halogens is 48. The lowest BCUT2D eigenvalue weighted by atomic mass is 9.12. The van der Waals surface area contributed by atoms with E-state index < -0.39 is 346 Å². The van der Waals surface area contributed by atoms with Crippen LogP contribution in [0.5, 0.6) is 0 Å². The standard InChI is InChI=1S/C56H36BF48O8/c1-106-33(41(58,59)60,42(61,62)63)21-9-22(34(107-2,43(64,65)66)44(67,68)69)14-29(13-21)57(30-15-23(35(108-3,45(70,71)72)46(73,74)75)10-24(16-30)36(109-4,47(76,77)78)48(79,80)81,31-17-25(37(110-5,49(82,83)84)50(85,86)87)11-26(18-31)38(111-6,51(88,89)90)52(91,92)93)32-19-27(39(112-7,53(94,95)96)54(97,98)99)12-28(20-32)40(113-8,55(100,101)102)56(103,104)105/h9-20H,1-8H3/q-1. The molecule has 113 heavy (non-hydrogen) atoms. The summed E-state index contributed by atoms with van der Waals surface area (Å²) in [7, 11) is -9.70. The van der Waals surface area contributed by atoms with Crippen molar-refractivity contribution in [3.63, 3.8) is 0 Å². The molecule has 0 bridgehead atoms. The number of ether oxygens (including phenoxy) is 8. The largest absolute Gasteiger partial charge is 0.430 e. The van der Waals surface area contributed by atoms with E-state index in [1.165, 1.54) is 0 Å². The second-order valence-corrected chi connectivity index (χ2v) is 23.3. The van der Waals surface area contributed by atoms with Crippen LogP contribution in [0.1, 0.15) is 44.5 Å². The van der Waals surface area contributed by atoms with Gasteiger partial charge in [0.25, 0.3) is 44.8 Å². The topological polar surface area (TPSA) is 73.8 Å². The zero-order valence-electron chi connectivity index (χ0n) is 54.9. The lowest BCUT2D eigenvalue weighted by molar-refractivity contribution is -0.386. The summed E-state index contributed by atoms with van der Waals surface area (Å²) in [6.45, 7) is 0. The van der Waals surface area contributed by atoms with Crippen molar-refractivity contribution in [3.05, 3.63) is 117 Å². The first kappa shape index (κ1) is 98.6. The molecule has 8 nitrogen and oxygen atoms in total. The molecule has 0 N–H and O–H groups in total. The van der Waals surface area contributed by atoms with Gasteiger partial charge in [-0.3, -0.25) is 0 Å². The number of hydrogen-bond donors (Lipinski definition) is 0. The van der Waals surface area contributed by atoms with Crippen LogP contribution < -0.4 is 21.9 Å². The molecule has 0 atom stereocenters. The molecule has 4 aromatic carbocycles. The molecule has 0 saturated heterocycles. The lowest BCUT2D eigenvalue weighted by Gasteiger charge is -2.50. The van der Waals surface area contributed by atoms with Crippen LogP contribution >= 0.6 is 0 Å². The first-order chi connectivity index (χ1) is 49.7. The number of benzene rings is 4. The number of methoxy groups -OCH3 is 8. The maximum absolute atomic E-state index is 15.9. The van der Waals surface area contributed by atoms with Crippen LogP contribution in [0.2, 0.25) is 0 Å². The monoisotopic (exact) mass is 1760 g/mol. The van der Waals surface area contributed by atoms with E-state index in [1.54, 1.807) is 0 Å². The van der Waals surface area contributed by atoms with E-state index in [0.29, 0.717) is 0 Å². The smallest absolute Gasteiger partial charge is 0.357 e. The quantitative estimate of drug-likeness (QED) is 0.0640. The third kappa shape index (κ3) is 14.2. The number of rotatable bonds is 20. The Morgan fingerprint density at radius 3 is 0.265 bits per heavy atom. The molecule has 0 aromatic heterocycles. The molecule has 0 saturated carbocycles. The van der Waals surface area contributed by atoms with Gasteiger partial charge in [0.15, 0.2) is 0 Å². The Balaban J connectivity index is 3.56. The minimum absolute atomic E-state index is 1.21. The van der Waals surface area contributed by atoms with Crippen LogP contribution in [0.25, 0.3) is 0 Å². The van der Waals surface area contributed by atoms with Gasteiger partial charge in [0, 0.05) is 56.9 Å². The van der Waals surface area contributed by atoms with Crippen LogP contribution in [-0.4, -0.2) is 162 Å². The zero-order chi connectivity index (χ0) is 89.6. The molecule has 0 unspecified atom stereocenters. The van der Waals surface area contributed by atoms with Gasteiger partial charge >= 0.3 is 98.8 Å². The maximum Gasteiger partial charge on any atom is 0.430 e. The Bertz CT molecular complexity index is 3170. The van der Waals surface area contributed by atoms with E-state index >= 15 is 211 Å². The number of hydrogen-bond acceptors (Lipinski definition) is 8. The van der Waals surface area contributed by atoms with Gasteiger partial charge in [-0.25, -0.2) is 0 Å². The molecule has 0 heterocycles. The van der Waals surface area contributed by atoms with Crippen LogP contribution in [0.15, 0.2) is 72.8 Å². The molecular formula is C56H36BF48O8-. The molecule has 0 fully saturated rings. The summed E-state index contributed by atoms with van der Waals surface area (Å²) >= 11 is 0. The van der Waals surface area contributed by atoms with Crippen molar-refractivity contribution in [2.24, 2.45) is 0 Å². The van der Waals surface area contributed by atoms with Crippen LogP contribution in [0, 0.1) is 0 Å². The Morgan fingerprint density at radius 1 is 0.142 bits per heavy atom. The summed E-state index contributed by atoms with van der Waals surface area (Å²) in [5.74, 6) is 0. The van der Waals surface area contributed by atoms with Crippen molar-refractivity contribution < 1.29 is 249 Å². The average molecular weight is 1760 g/mol. The molecule has 0 amide bonds. The first-order valence-electron chi connectivity index (χ1n) is 28.1. The summed E-state index contributed by atoms with van der Waals surface area (Å²) in [5, 5.41) is 0. The molecule has 0 aliphatic rings. The highest BCUT2D eigenvalue weighted by Gasteiger charge is 2.82. The molecular weight excluding hydrogens is 1720 g/mol. The van der Waals surface area contributed by atoms with E-state index in [4.69, 9.17) is 0 Å². The first-order valence-corrected chi connectivity index (χ1v) is 28.1. The summed E-state index contributed by atoms with van der Waals surface area (Å²) in [5.41, 5.74) is -112. The van der Waals surface area contributed by atoms with E-state index in [2.05, 4.69) is 37.9 Å². The van der Waals surface area contributed by atoms with Crippen molar-refractivity contribution >= 4 is 28.0 Å². The molecule has 0 spiro atoms. The average Bonchev–Trinajstić information content (AvgIpc) is 0.677. The predicted octanol–water partition coefficient (Wildman–Crippen LogP) is 18.8. The van der Waals surface area contributed by atoms with Crippen molar-refractivity contribution in [1.29, 1.82) is 0 Å². The van der Waals surface area contributed by atoms with E-state index in [0.717, 1.165) is 0 Å². The van der Waals surface area contributed by atoms with Crippen LogP contribution in [0.3, 0.4) is 0 Å². The Kier molecular flexibility index (Phi) is 25.2. The van der Waals surface area contributed by atoms with Crippen molar-refractivity contribution in [3.8, 4) is 0 Å². The third-order valence-corrected chi connectivity index (χ3v) is 17.9. The van der Waals surface area contributed by atoms with Gasteiger partial charge in [-0.15, -0.1) is 0 Å². The summed E-state index contributed by atoms with van der Waals surface area (Å²) in [6.07, 6.45) is -141. The third-order valence-electron chi connectivity index (χ3n) is 17.9. The van der Waals surface area contributed by atoms with E-state index in [9.17, 15) is 0 Å². The van der Waals surface area contributed by atoms with E-state index in [1.807, 2.05) is 0 Å². The zero-order valence-corrected chi connectivity index (χ0v) is 54.9. The fourth-order valence-electron chi connectivity index (χ4n) is 13.1. The fourth-order valence-corrected chi connectivity index (χ4v) is 13.1.